The van der Waals surface area contributed by atoms with Gasteiger partial charge in [-0.1, -0.05) is 0 Å². The quantitative estimate of drug-likeness (QED) is 0.352. The van der Waals surface area contributed by atoms with Gasteiger partial charge in [-0.2, -0.15) is 0 Å². The molecule has 0 unspecified atom stereocenters. The molecule has 2 heteroatoms. The number of nitrogens with zero attached hydrogens (tertiary/aromatic N) is 1. The molecule has 0 fully saturated rings. The van der Waals surface area contributed by atoms with Crippen LogP contribution in [0.15, 0.2) is 0 Å². The minimum atomic E-state index is 0.573. The van der Waals surface area contributed by atoms with Crippen molar-refractivity contribution in [3.63, 3.8) is 0 Å². The molecule has 0 radical (unpaired) electrons. The van der Waals surface area contributed by atoms with Crippen molar-refractivity contribution in [3.8, 4) is 4.85 Å². The minimum absolute atomic E-state index is 0.573. The molecule has 0 rings (SSSR count). The summed E-state index contributed by atoms with van der Waals surface area (Å²) in [5, 5.41) is 0. The average molecular weight is 150 g/mol. The van der Waals surface area contributed by atoms with E-state index in [0.717, 1.165) is 0 Å². The third-order valence-corrected chi connectivity index (χ3v) is 1.42. The van der Waals surface area contributed by atoms with Crippen LogP contribution in [0.4, 0.5) is 0 Å². The van der Waals surface area contributed by atoms with E-state index in [9.17, 15) is 0 Å². The molecule has 0 bridgehead atoms. The van der Waals surface area contributed by atoms with Crippen molar-refractivity contribution in [2.45, 2.75) is 5.82 Å². The Morgan fingerprint density at radius 1 is 1.50 bits per heavy atom. The van der Waals surface area contributed by atoms with Gasteiger partial charge in [-0.25, -0.2) is 0 Å². The Kier molecular flexibility index (Phi) is 3.60. The zero-order valence-corrected chi connectivity index (χ0v) is 6.07. The van der Waals surface area contributed by atoms with Gasteiger partial charge >= 0.3 is 44.0 Å². The van der Waals surface area contributed by atoms with Crippen LogP contribution < -0.4 is 0 Å². The Labute approximate surface area is 44.7 Å². The maximum atomic E-state index is 3.10. The summed E-state index contributed by atoms with van der Waals surface area (Å²) in [7, 11) is 3.98. The Hall–Kier alpha value is 0.259. The summed E-state index contributed by atoms with van der Waals surface area (Å²) in [6.07, 6.45) is 0. The molecule has 6 heavy (non-hydrogen) atoms. The molecule has 36 valence electrons. The Balaban J connectivity index is 3.20. The number of hydrogen-bond donors (Lipinski definition) is 0. The first-order chi connectivity index (χ1) is 2.77. The first-order valence-electron chi connectivity index (χ1n) is 1.73. The fraction of sp³-hybridized carbons (Fsp3) is 0.750. The Morgan fingerprint density at radius 3 is 2.00 bits per heavy atom. The monoisotopic (exact) mass is 151 g/mol. The summed E-state index contributed by atoms with van der Waals surface area (Å²) in [6.45, 7) is 0. The van der Waals surface area contributed by atoms with Crippen LogP contribution in [-0.2, 0) is 0 Å². The molecule has 0 saturated carbocycles. The summed E-state index contributed by atoms with van der Waals surface area (Å²) in [6, 6.07) is 0. The molecule has 0 aromatic rings. The summed E-state index contributed by atoms with van der Waals surface area (Å²) in [5.74, 6) is 2.13. The summed E-state index contributed by atoms with van der Waals surface area (Å²) >= 11 is 0.573. The van der Waals surface area contributed by atoms with Gasteiger partial charge in [-0.05, 0) is 0 Å². The SMILES string of the molecule is C[Se]#CN(C)C. The molecular formula is C4H9NSe. The van der Waals surface area contributed by atoms with Crippen molar-refractivity contribution in [2.24, 2.45) is 0 Å². The van der Waals surface area contributed by atoms with Gasteiger partial charge in [0, 0.05) is 0 Å². The van der Waals surface area contributed by atoms with Crippen LogP contribution in [0.1, 0.15) is 0 Å². The number of rotatable bonds is 0. The third-order valence-electron chi connectivity index (χ3n) is 0.274. The second kappa shape index (κ2) is 3.45. The van der Waals surface area contributed by atoms with Crippen LogP contribution in [0, 0.1) is 4.85 Å². The van der Waals surface area contributed by atoms with Gasteiger partial charge in [0.2, 0.25) is 0 Å². The van der Waals surface area contributed by atoms with Gasteiger partial charge in [0.05, 0.1) is 0 Å². The topological polar surface area (TPSA) is 3.24 Å². The number of hydrogen-bond acceptors (Lipinski definition) is 1. The van der Waals surface area contributed by atoms with Crippen molar-refractivity contribution >= 4 is 14.3 Å². The standard InChI is InChI=1S/C4H9NSe/c1-5(2)4-6-3/h1-3H3. The van der Waals surface area contributed by atoms with E-state index in [-0.39, 0.29) is 0 Å². The third kappa shape index (κ3) is 4.26. The van der Waals surface area contributed by atoms with E-state index in [0.29, 0.717) is 14.3 Å². The van der Waals surface area contributed by atoms with E-state index in [1.165, 1.54) is 0 Å². The Morgan fingerprint density at radius 2 is 2.00 bits per heavy atom. The van der Waals surface area contributed by atoms with Crippen LogP contribution in [0.3, 0.4) is 0 Å². The van der Waals surface area contributed by atoms with E-state index in [1.807, 2.05) is 19.0 Å². The Bertz CT molecular complexity index is 77.3. The molecule has 0 N–H and O–H groups in total. The van der Waals surface area contributed by atoms with Gasteiger partial charge in [0.15, 0.2) is 0 Å². The fourth-order valence-corrected chi connectivity index (χ4v) is 0.949. The molecule has 0 atom stereocenters. The molecule has 0 heterocycles. The maximum absolute atomic E-state index is 3.10. The van der Waals surface area contributed by atoms with E-state index < -0.39 is 0 Å². The van der Waals surface area contributed by atoms with Gasteiger partial charge in [0.1, 0.15) is 0 Å². The molecular weight excluding hydrogens is 141 g/mol. The summed E-state index contributed by atoms with van der Waals surface area (Å²) in [4.78, 5) is 5.06. The fourth-order valence-electron chi connectivity index (χ4n) is 0.183. The summed E-state index contributed by atoms with van der Waals surface area (Å²) in [5.41, 5.74) is 0. The van der Waals surface area contributed by atoms with Gasteiger partial charge < -0.3 is 0 Å². The molecule has 0 saturated heterocycles. The molecule has 0 amide bonds. The van der Waals surface area contributed by atoms with Gasteiger partial charge in [-0.3, -0.25) is 0 Å². The van der Waals surface area contributed by atoms with E-state index in [1.54, 1.807) is 0 Å². The van der Waals surface area contributed by atoms with Crippen LogP contribution in [0.5, 0.6) is 0 Å². The first kappa shape index (κ1) is 6.26. The van der Waals surface area contributed by atoms with E-state index in [2.05, 4.69) is 10.7 Å². The van der Waals surface area contributed by atoms with Crippen molar-refractivity contribution in [1.29, 1.82) is 0 Å². The zero-order valence-electron chi connectivity index (χ0n) is 4.36. The predicted octanol–water partition coefficient (Wildman–Crippen LogP) is 0.217. The van der Waals surface area contributed by atoms with Crippen LogP contribution in [0.2, 0.25) is 5.82 Å². The molecule has 0 aromatic heterocycles. The molecule has 0 aliphatic heterocycles. The second-order valence-electron chi connectivity index (χ2n) is 1.19. The molecule has 0 aliphatic carbocycles. The van der Waals surface area contributed by atoms with Crippen molar-refractivity contribution < 1.29 is 0 Å². The van der Waals surface area contributed by atoms with Gasteiger partial charge in [-0.15, -0.1) is 0 Å². The first-order valence-corrected chi connectivity index (χ1v) is 4.30. The zero-order chi connectivity index (χ0) is 4.99. The molecule has 0 aliphatic rings. The van der Waals surface area contributed by atoms with Crippen LogP contribution in [0.25, 0.3) is 0 Å². The second-order valence-corrected chi connectivity index (χ2v) is 2.43. The molecule has 1 nitrogen and oxygen atoms in total. The molecule has 0 aromatic carbocycles. The van der Waals surface area contributed by atoms with Crippen molar-refractivity contribution in [1.82, 2.24) is 4.90 Å². The normalized spacial score (nSPS) is 8.00. The summed E-state index contributed by atoms with van der Waals surface area (Å²) < 4.78 is 0. The van der Waals surface area contributed by atoms with Crippen molar-refractivity contribution in [2.75, 3.05) is 14.1 Å². The average Bonchev–Trinajstić information content (AvgIpc) is 1.35. The van der Waals surface area contributed by atoms with Crippen molar-refractivity contribution in [3.05, 3.63) is 0 Å². The van der Waals surface area contributed by atoms with Gasteiger partial charge in [0.25, 0.3) is 0 Å². The van der Waals surface area contributed by atoms with E-state index >= 15 is 0 Å². The van der Waals surface area contributed by atoms with Crippen LogP contribution >= 0.6 is 0 Å². The van der Waals surface area contributed by atoms with E-state index in [4.69, 9.17) is 0 Å². The molecule has 0 spiro atoms. The predicted molar refractivity (Wildman–Crippen MR) is 29.2 cm³/mol. The van der Waals surface area contributed by atoms with Crippen LogP contribution in [-0.4, -0.2) is 33.3 Å².